The molecule has 0 saturated heterocycles. The monoisotopic (exact) mass is 248 g/mol. The minimum absolute atomic E-state index is 0.135. The lowest BCUT2D eigenvalue weighted by atomic mass is 9.79. The Morgan fingerprint density at radius 2 is 1.78 bits per heavy atom. The van der Waals surface area contributed by atoms with Gasteiger partial charge in [-0.1, -0.05) is 25.0 Å². The van der Waals surface area contributed by atoms with E-state index in [0.29, 0.717) is 0 Å². The maximum absolute atomic E-state index is 11.6. The molecule has 0 aliphatic heterocycles. The molecule has 0 amide bonds. The van der Waals surface area contributed by atoms with E-state index in [1.807, 2.05) is 38.1 Å². The van der Waals surface area contributed by atoms with Crippen LogP contribution in [0, 0.1) is 0 Å². The van der Waals surface area contributed by atoms with Crippen LogP contribution >= 0.6 is 0 Å². The van der Waals surface area contributed by atoms with Gasteiger partial charge in [0.1, 0.15) is 5.75 Å². The Bertz CT molecular complexity index is 414. The zero-order valence-electron chi connectivity index (χ0n) is 11.0. The number of ether oxygens (including phenoxy) is 1. The number of carboxylic acids is 1. The normalized spacial score (nSPS) is 17.9. The largest absolute Gasteiger partial charge is 0.491 e. The molecule has 1 aromatic rings. The van der Waals surface area contributed by atoms with Crippen molar-refractivity contribution in [2.75, 3.05) is 0 Å². The second-order valence-electron chi connectivity index (χ2n) is 5.29. The molecule has 1 N–H and O–H groups in total. The van der Waals surface area contributed by atoms with Gasteiger partial charge >= 0.3 is 5.97 Å². The molecule has 3 heteroatoms. The number of carbonyl (C=O) groups is 1. The van der Waals surface area contributed by atoms with Gasteiger partial charge in [0.05, 0.1) is 11.5 Å². The summed E-state index contributed by atoms with van der Waals surface area (Å²) in [4.78, 5) is 11.6. The van der Waals surface area contributed by atoms with Gasteiger partial charge in [-0.3, -0.25) is 4.79 Å². The first kappa shape index (κ1) is 12.9. The molecule has 3 nitrogen and oxygen atoms in total. The van der Waals surface area contributed by atoms with Crippen molar-refractivity contribution in [3.8, 4) is 5.75 Å². The second kappa shape index (κ2) is 5.01. The second-order valence-corrected chi connectivity index (χ2v) is 5.29. The molecular formula is C15H20O3. The molecule has 0 atom stereocenters. The van der Waals surface area contributed by atoms with Crippen LogP contribution in [0.15, 0.2) is 24.3 Å². The van der Waals surface area contributed by atoms with E-state index in [1.165, 1.54) is 0 Å². The van der Waals surface area contributed by atoms with Gasteiger partial charge in [0.15, 0.2) is 0 Å². The number of aliphatic carboxylic acids is 1. The zero-order chi connectivity index (χ0) is 13.2. The van der Waals surface area contributed by atoms with Crippen molar-refractivity contribution in [2.24, 2.45) is 0 Å². The molecule has 1 aliphatic carbocycles. The summed E-state index contributed by atoms with van der Waals surface area (Å²) in [6.45, 7) is 3.95. The van der Waals surface area contributed by atoms with Crippen molar-refractivity contribution in [3.63, 3.8) is 0 Å². The van der Waals surface area contributed by atoms with Crippen LogP contribution in [0.3, 0.4) is 0 Å². The number of rotatable bonds is 4. The molecule has 0 bridgehead atoms. The van der Waals surface area contributed by atoms with Crippen molar-refractivity contribution in [1.82, 2.24) is 0 Å². The van der Waals surface area contributed by atoms with E-state index in [-0.39, 0.29) is 6.10 Å². The van der Waals surface area contributed by atoms with Crippen LogP contribution in [0.5, 0.6) is 5.75 Å². The lowest BCUT2D eigenvalue weighted by molar-refractivity contribution is -0.143. The Hall–Kier alpha value is -1.51. The molecule has 1 saturated carbocycles. The quantitative estimate of drug-likeness (QED) is 0.888. The third kappa shape index (κ3) is 2.35. The van der Waals surface area contributed by atoms with Crippen LogP contribution < -0.4 is 4.74 Å². The third-order valence-corrected chi connectivity index (χ3v) is 3.65. The number of hydrogen-bond acceptors (Lipinski definition) is 2. The third-order valence-electron chi connectivity index (χ3n) is 3.65. The van der Waals surface area contributed by atoms with Gasteiger partial charge in [0, 0.05) is 0 Å². The van der Waals surface area contributed by atoms with Crippen LogP contribution in [0.1, 0.15) is 45.1 Å². The molecule has 0 unspecified atom stereocenters. The maximum Gasteiger partial charge on any atom is 0.314 e. The molecule has 0 spiro atoms. The first-order valence-corrected chi connectivity index (χ1v) is 6.55. The molecule has 1 fully saturated rings. The predicted molar refractivity (Wildman–Crippen MR) is 70.0 cm³/mol. The van der Waals surface area contributed by atoms with Crippen molar-refractivity contribution >= 4 is 5.97 Å². The molecule has 0 aromatic heterocycles. The number of carboxylic acid groups (broad SMARTS) is 1. The highest BCUT2D eigenvalue weighted by atomic mass is 16.5. The first-order chi connectivity index (χ1) is 8.54. The van der Waals surface area contributed by atoms with Crippen LogP contribution in [-0.4, -0.2) is 17.2 Å². The predicted octanol–water partition coefficient (Wildman–Crippen LogP) is 3.37. The molecule has 2 rings (SSSR count). The van der Waals surface area contributed by atoms with E-state index < -0.39 is 11.4 Å². The lowest BCUT2D eigenvalue weighted by Crippen LogP contribution is -2.32. The molecule has 0 radical (unpaired) electrons. The number of hydrogen-bond donors (Lipinski definition) is 1. The van der Waals surface area contributed by atoms with E-state index in [2.05, 4.69) is 0 Å². The van der Waals surface area contributed by atoms with Gasteiger partial charge < -0.3 is 9.84 Å². The molecule has 0 heterocycles. The Morgan fingerprint density at radius 3 is 2.22 bits per heavy atom. The van der Waals surface area contributed by atoms with Crippen LogP contribution in [0.2, 0.25) is 0 Å². The highest BCUT2D eigenvalue weighted by Gasteiger charge is 2.42. The van der Waals surface area contributed by atoms with Gasteiger partial charge in [-0.05, 0) is 44.4 Å². The van der Waals surface area contributed by atoms with Crippen LogP contribution in [0.25, 0.3) is 0 Å². The lowest BCUT2D eigenvalue weighted by Gasteiger charge is -2.24. The summed E-state index contributed by atoms with van der Waals surface area (Å²) in [6, 6.07) is 7.55. The van der Waals surface area contributed by atoms with E-state index in [9.17, 15) is 9.90 Å². The summed E-state index contributed by atoms with van der Waals surface area (Å²) in [5.41, 5.74) is 0.236. The summed E-state index contributed by atoms with van der Waals surface area (Å²) in [6.07, 6.45) is 3.61. The highest BCUT2D eigenvalue weighted by Crippen LogP contribution is 2.41. The molecular weight excluding hydrogens is 228 g/mol. The van der Waals surface area contributed by atoms with Crippen LogP contribution in [-0.2, 0) is 10.2 Å². The maximum atomic E-state index is 11.6. The summed E-state index contributed by atoms with van der Waals surface area (Å²) in [5.74, 6) is 0.102. The summed E-state index contributed by atoms with van der Waals surface area (Å²) in [5, 5.41) is 9.50. The SMILES string of the molecule is CC(C)Oc1ccc(C2(C(=O)O)CCCC2)cc1. The Kier molecular flexibility index (Phi) is 3.60. The van der Waals surface area contributed by atoms with E-state index in [0.717, 1.165) is 37.0 Å². The molecule has 98 valence electrons. The first-order valence-electron chi connectivity index (χ1n) is 6.55. The average molecular weight is 248 g/mol. The molecule has 1 aromatic carbocycles. The average Bonchev–Trinajstić information content (AvgIpc) is 2.79. The molecule has 18 heavy (non-hydrogen) atoms. The Labute approximate surface area is 108 Å². The fourth-order valence-electron chi connectivity index (χ4n) is 2.73. The topological polar surface area (TPSA) is 46.5 Å². The fourth-order valence-corrected chi connectivity index (χ4v) is 2.73. The fraction of sp³-hybridized carbons (Fsp3) is 0.533. The minimum Gasteiger partial charge on any atom is -0.491 e. The smallest absolute Gasteiger partial charge is 0.314 e. The van der Waals surface area contributed by atoms with Crippen molar-refractivity contribution in [1.29, 1.82) is 0 Å². The standard InChI is InChI=1S/C15H20O3/c1-11(2)18-13-7-5-12(6-8-13)15(14(16)17)9-3-4-10-15/h5-8,11H,3-4,9-10H2,1-2H3,(H,16,17). The summed E-state index contributed by atoms with van der Waals surface area (Å²) in [7, 11) is 0. The van der Waals surface area contributed by atoms with Crippen molar-refractivity contribution in [3.05, 3.63) is 29.8 Å². The van der Waals surface area contributed by atoms with Gasteiger partial charge in [0.25, 0.3) is 0 Å². The van der Waals surface area contributed by atoms with Crippen LogP contribution in [0.4, 0.5) is 0 Å². The van der Waals surface area contributed by atoms with Gasteiger partial charge in [0.2, 0.25) is 0 Å². The highest BCUT2D eigenvalue weighted by molar-refractivity contribution is 5.81. The van der Waals surface area contributed by atoms with E-state index in [1.54, 1.807) is 0 Å². The Balaban J connectivity index is 2.25. The van der Waals surface area contributed by atoms with Crippen molar-refractivity contribution in [2.45, 2.75) is 51.0 Å². The summed E-state index contributed by atoms with van der Waals surface area (Å²) < 4.78 is 5.58. The minimum atomic E-state index is -0.697. The van der Waals surface area contributed by atoms with Gasteiger partial charge in [-0.15, -0.1) is 0 Å². The van der Waals surface area contributed by atoms with Gasteiger partial charge in [-0.2, -0.15) is 0 Å². The van der Waals surface area contributed by atoms with E-state index in [4.69, 9.17) is 4.74 Å². The molecule has 1 aliphatic rings. The Morgan fingerprint density at radius 1 is 1.22 bits per heavy atom. The van der Waals surface area contributed by atoms with Gasteiger partial charge in [-0.25, -0.2) is 0 Å². The zero-order valence-corrected chi connectivity index (χ0v) is 11.0. The van der Waals surface area contributed by atoms with E-state index >= 15 is 0 Å². The number of benzene rings is 1. The van der Waals surface area contributed by atoms with Crippen molar-refractivity contribution < 1.29 is 14.6 Å². The summed E-state index contributed by atoms with van der Waals surface area (Å²) >= 11 is 0.